The van der Waals surface area contributed by atoms with Crippen LogP contribution in [0.4, 0.5) is 11.4 Å². The minimum Gasteiger partial charge on any atom is -0.455 e. The molecular formula is C28H20N2O4. The molecule has 166 valence electrons. The molecule has 0 fully saturated rings. The van der Waals surface area contributed by atoms with Gasteiger partial charge in [0.15, 0.2) is 5.75 Å². The summed E-state index contributed by atoms with van der Waals surface area (Å²) >= 11 is 0. The molecule has 3 amide bonds. The first-order chi connectivity index (χ1) is 16.5. The molecule has 0 unspecified atom stereocenters. The molecular weight excluding hydrogens is 428 g/mol. The minimum absolute atomic E-state index is 0.201. The lowest BCUT2D eigenvalue weighted by Crippen LogP contribution is -2.29. The number of anilines is 2. The highest BCUT2D eigenvalue weighted by Crippen LogP contribution is 2.31. The smallest absolute Gasteiger partial charge is 0.266 e. The van der Waals surface area contributed by atoms with Gasteiger partial charge in [-0.05, 0) is 61.5 Å². The largest absolute Gasteiger partial charge is 0.455 e. The number of rotatable bonds is 5. The van der Waals surface area contributed by atoms with Gasteiger partial charge in [0.25, 0.3) is 17.7 Å². The van der Waals surface area contributed by atoms with Crippen LogP contribution >= 0.6 is 0 Å². The number of benzene rings is 4. The predicted octanol–water partition coefficient (Wildman–Crippen LogP) is 5.84. The molecule has 0 saturated carbocycles. The molecule has 6 heteroatoms. The fraction of sp³-hybridized carbons (Fsp3) is 0.0357. The van der Waals surface area contributed by atoms with E-state index in [1.165, 1.54) is 12.1 Å². The van der Waals surface area contributed by atoms with E-state index in [4.69, 9.17) is 4.74 Å². The third-order valence-electron chi connectivity index (χ3n) is 5.55. The number of amides is 3. The quantitative estimate of drug-likeness (QED) is 0.389. The molecule has 0 aliphatic carbocycles. The summed E-state index contributed by atoms with van der Waals surface area (Å²) < 4.78 is 5.90. The van der Waals surface area contributed by atoms with Crippen LogP contribution in [0.25, 0.3) is 0 Å². The Morgan fingerprint density at radius 1 is 0.765 bits per heavy atom. The Labute approximate surface area is 196 Å². The van der Waals surface area contributed by atoms with Crippen molar-refractivity contribution in [2.24, 2.45) is 0 Å². The van der Waals surface area contributed by atoms with Gasteiger partial charge in [0.1, 0.15) is 5.75 Å². The molecule has 0 saturated heterocycles. The second-order valence-electron chi connectivity index (χ2n) is 7.91. The molecule has 0 atom stereocenters. The van der Waals surface area contributed by atoms with Crippen molar-refractivity contribution < 1.29 is 19.1 Å². The summed E-state index contributed by atoms with van der Waals surface area (Å²) in [5.41, 5.74) is 2.74. The van der Waals surface area contributed by atoms with E-state index in [9.17, 15) is 14.4 Å². The Morgan fingerprint density at radius 3 is 2.21 bits per heavy atom. The maximum Gasteiger partial charge on any atom is 0.266 e. The molecule has 4 aromatic carbocycles. The second kappa shape index (κ2) is 8.67. The normalized spacial score (nSPS) is 12.4. The summed E-state index contributed by atoms with van der Waals surface area (Å²) in [5.74, 6) is -0.147. The van der Waals surface area contributed by atoms with E-state index in [1.807, 2.05) is 55.5 Å². The van der Waals surface area contributed by atoms with E-state index in [-0.39, 0.29) is 16.7 Å². The summed E-state index contributed by atoms with van der Waals surface area (Å²) in [7, 11) is 0. The van der Waals surface area contributed by atoms with Crippen LogP contribution in [0.5, 0.6) is 11.5 Å². The first-order valence-corrected chi connectivity index (χ1v) is 10.7. The molecule has 0 aromatic heterocycles. The van der Waals surface area contributed by atoms with E-state index in [1.54, 1.807) is 36.4 Å². The molecule has 0 spiro atoms. The molecule has 1 heterocycles. The molecule has 0 bridgehead atoms. The Kier molecular flexibility index (Phi) is 5.40. The number of carbonyl (C=O) groups excluding carboxylic acids is 3. The van der Waals surface area contributed by atoms with Crippen LogP contribution in [0.1, 0.15) is 36.6 Å². The average molecular weight is 448 g/mol. The Hall–Kier alpha value is -4.71. The Bertz CT molecular complexity index is 1410. The molecule has 0 radical (unpaired) electrons. The van der Waals surface area contributed by atoms with Gasteiger partial charge in [0.2, 0.25) is 0 Å². The summed E-state index contributed by atoms with van der Waals surface area (Å²) in [5, 5.41) is 2.84. The highest BCUT2D eigenvalue weighted by molar-refractivity contribution is 6.34. The highest BCUT2D eigenvalue weighted by atomic mass is 16.5. The monoisotopic (exact) mass is 448 g/mol. The van der Waals surface area contributed by atoms with Crippen LogP contribution in [0.3, 0.4) is 0 Å². The number of nitrogens with zero attached hydrogens (tertiary/aromatic N) is 1. The van der Waals surface area contributed by atoms with Crippen molar-refractivity contribution in [1.29, 1.82) is 0 Å². The van der Waals surface area contributed by atoms with E-state index < -0.39 is 17.7 Å². The van der Waals surface area contributed by atoms with Gasteiger partial charge in [-0.15, -0.1) is 0 Å². The maximum atomic E-state index is 13.0. The van der Waals surface area contributed by atoms with Gasteiger partial charge in [-0.25, -0.2) is 4.90 Å². The van der Waals surface area contributed by atoms with Crippen LogP contribution < -0.4 is 15.0 Å². The number of aryl methyl sites for hydroxylation is 1. The second-order valence-corrected chi connectivity index (χ2v) is 7.91. The summed E-state index contributed by atoms with van der Waals surface area (Å²) in [6.45, 7) is 1.93. The average Bonchev–Trinajstić information content (AvgIpc) is 3.11. The number of imide groups is 1. The molecule has 1 aliphatic heterocycles. The number of fused-ring (bicyclic) bond motifs is 1. The van der Waals surface area contributed by atoms with Crippen molar-refractivity contribution in [2.45, 2.75) is 6.92 Å². The van der Waals surface area contributed by atoms with Crippen molar-refractivity contribution >= 4 is 29.1 Å². The fourth-order valence-electron chi connectivity index (χ4n) is 3.78. The van der Waals surface area contributed by atoms with Gasteiger partial charge in [-0.3, -0.25) is 14.4 Å². The van der Waals surface area contributed by atoms with Gasteiger partial charge < -0.3 is 10.1 Å². The summed E-state index contributed by atoms with van der Waals surface area (Å²) in [6, 6.07) is 28.0. The predicted molar refractivity (Wildman–Crippen MR) is 130 cm³/mol. The number of ether oxygens (including phenoxy) is 1. The number of nitrogens with one attached hydrogen (secondary N) is 1. The summed E-state index contributed by atoms with van der Waals surface area (Å²) in [4.78, 5) is 40.1. The van der Waals surface area contributed by atoms with Crippen molar-refractivity contribution in [1.82, 2.24) is 0 Å². The Balaban J connectivity index is 1.39. The van der Waals surface area contributed by atoms with Gasteiger partial charge in [0, 0.05) is 5.56 Å². The topological polar surface area (TPSA) is 75.7 Å². The molecule has 34 heavy (non-hydrogen) atoms. The zero-order chi connectivity index (χ0) is 23.7. The van der Waals surface area contributed by atoms with E-state index in [0.29, 0.717) is 22.9 Å². The van der Waals surface area contributed by atoms with Crippen molar-refractivity contribution in [2.75, 3.05) is 10.2 Å². The van der Waals surface area contributed by atoms with Crippen LogP contribution in [-0.2, 0) is 0 Å². The van der Waals surface area contributed by atoms with E-state index >= 15 is 0 Å². The lowest BCUT2D eigenvalue weighted by atomic mass is 10.1. The van der Waals surface area contributed by atoms with Crippen molar-refractivity contribution in [3.05, 3.63) is 119 Å². The lowest BCUT2D eigenvalue weighted by molar-refractivity contribution is 0.0925. The first kappa shape index (κ1) is 21.2. The van der Waals surface area contributed by atoms with Gasteiger partial charge >= 0.3 is 0 Å². The standard InChI is InChI=1S/C28H20N2O4/c1-18-11-14-20(15-12-18)30-27(32)22-16-13-19(17-23(22)28(30)33)26(31)29-24-9-5-6-10-25(24)34-21-7-3-2-4-8-21/h2-17H,1H3,(H,29,31). The third kappa shape index (κ3) is 3.93. The van der Waals surface area contributed by atoms with E-state index in [0.717, 1.165) is 10.5 Å². The highest BCUT2D eigenvalue weighted by Gasteiger charge is 2.37. The van der Waals surface area contributed by atoms with Crippen molar-refractivity contribution in [3.8, 4) is 11.5 Å². The number of para-hydroxylation sites is 3. The van der Waals surface area contributed by atoms with Crippen LogP contribution in [-0.4, -0.2) is 17.7 Å². The zero-order valence-corrected chi connectivity index (χ0v) is 18.3. The lowest BCUT2D eigenvalue weighted by Gasteiger charge is -2.13. The molecule has 4 aromatic rings. The minimum atomic E-state index is -0.452. The van der Waals surface area contributed by atoms with Gasteiger partial charge in [-0.2, -0.15) is 0 Å². The Morgan fingerprint density at radius 2 is 1.44 bits per heavy atom. The maximum absolute atomic E-state index is 13.0. The van der Waals surface area contributed by atoms with E-state index in [2.05, 4.69) is 5.32 Å². The zero-order valence-electron chi connectivity index (χ0n) is 18.3. The molecule has 5 rings (SSSR count). The number of hydrogen-bond donors (Lipinski definition) is 1. The molecule has 6 nitrogen and oxygen atoms in total. The van der Waals surface area contributed by atoms with Crippen LogP contribution in [0.15, 0.2) is 97.1 Å². The summed E-state index contributed by atoms with van der Waals surface area (Å²) in [6.07, 6.45) is 0. The molecule has 1 N–H and O–H groups in total. The SMILES string of the molecule is Cc1ccc(N2C(=O)c3ccc(C(=O)Nc4ccccc4Oc4ccccc4)cc3C2=O)cc1. The van der Waals surface area contributed by atoms with Crippen LogP contribution in [0, 0.1) is 6.92 Å². The number of hydrogen-bond acceptors (Lipinski definition) is 4. The van der Waals surface area contributed by atoms with Gasteiger partial charge in [-0.1, -0.05) is 48.0 Å². The van der Waals surface area contributed by atoms with Gasteiger partial charge in [0.05, 0.1) is 22.5 Å². The fourth-order valence-corrected chi connectivity index (χ4v) is 3.78. The number of carbonyl (C=O) groups is 3. The van der Waals surface area contributed by atoms with Crippen molar-refractivity contribution in [3.63, 3.8) is 0 Å². The first-order valence-electron chi connectivity index (χ1n) is 10.7. The molecule has 1 aliphatic rings. The van der Waals surface area contributed by atoms with Crippen LogP contribution in [0.2, 0.25) is 0 Å². The third-order valence-corrected chi connectivity index (χ3v) is 5.55.